The normalized spacial score (nSPS) is 20.3. The molecule has 11 nitrogen and oxygen atoms in total. The number of carbonyl (C=O) groups is 2. The molecule has 0 unspecified atom stereocenters. The highest BCUT2D eigenvalue weighted by Crippen LogP contribution is 2.54. The van der Waals surface area contributed by atoms with Crippen LogP contribution < -0.4 is 30.3 Å². The summed E-state index contributed by atoms with van der Waals surface area (Å²) in [6, 6.07) is 7.71. The standard InChI is InChI=1S/C34H45F2N5O6S/c1-2-27(37)32(43)47-18-19-48(44,45)39-24-5-6-26(28(21-24)40-13-9-33(7-8-33)10-14-40)31(42)38-25-20-23-4-3-17-46-30(23)29(22-25)41-15-11-34(35,36)12-16-41/h5-6,20-22,27,39H,2-4,7-19,37H2,1H3,(H,38,42)/t27-/m1/s1. The van der Waals surface area contributed by atoms with Gasteiger partial charge in [-0.3, -0.25) is 14.3 Å². The van der Waals surface area contributed by atoms with Gasteiger partial charge < -0.3 is 30.3 Å². The lowest BCUT2D eigenvalue weighted by Crippen LogP contribution is -2.39. The van der Waals surface area contributed by atoms with Gasteiger partial charge in [-0.25, -0.2) is 17.2 Å². The lowest BCUT2D eigenvalue weighted by molar-refractivity contribution is -0.144. The van der Waals surface area contributed by atoms with E-state index in [2.05, 4.69) is 14.9 Å². The van der Waals surface area contributed by atoms with Crippen molar-refractivity contribution in [3.8, 4) is 5.75 Å². The van der Waals surface area contributed by atoms with E-state index in [1.807, 2.05) is 11.0 Å². The molecule has 6 rings (SSSR count). The second kappa shape index (κ2) is 13.7. The summed E-state index contributed by atoms with van der Waals surface area (Å²) in [6.07, 6.45) is 5.87. The molecule has 0 radical (unpaired) electrons. The number of aryl methyl sites for hydroxylation is 1. The van der Waals surface area contributed by atoms with Gasteiger partial charge in [0.15, 0.2) is 0 Å². The summed E-state index contributed by atoms with van der Waals surface area (Å²) in [5, 5.41) is 3.04. The average molecular weight is 690 g/mol. The molecule has 2 saturated heterocycles. The summed E-state index contributed by atoms with van der Waals surface area (Å²) in [5.41, 5.74) is 9.50. The fourth-order valence-electron chi connectivity index (χ4n) is 6.75. The van der Waals surface area contributed by atoms with Crippen molar-refractivity contribution in [3.05, 3.63) is 41.5 Å². The lowest BCUT2D eigenvalue weighted by atomic mass is 9.93. The summed E-state index contributed by atoms with van der Waals surface area (Å²) in [6.45, 7) is 3.80. The van der Waals surface area contributed by atoms with E-state index < -0.39 is 33.7 Å². The van der Waals surface area contributed by atoms with Gasteiger partial charge in [-0.15, -0.1) is 0 Å². The minimum atomic E-state index is -3.88. The zero-order valence-electron chi connectivity index (χ0n) is 27.4. The van der Waals surface area contributed by atoms with Gasteiger partial charge in [-0.2, -0.15) is 0 Å². The number of hydrogen-bond acceptors (Lipinski definition) is 9. The Bertz CT molecular complexity index is 1630. The summed E-state index contributed by atoms with van der Waals surface area (Å²) in [4.78, 5) is 29.9. The van der Waals surface area contributed by atoms with E-state index in [0.717, 1.165) is 44.3 Å². The van der Waals surface area contributed by atoms with E-state index in [9.17, 15) is 26.8 Å². The molecule has 0 bridgehead atoms. The fourth-order valence-corrected chi connectivity index (χ4v) is 7.64. The van der Waals surface area contributed by atoms with Gasteiger partial charge in [0.05, 0.1) is 29.2 Å². The van der Waals surface area contributed by atoms with Crippen LogP contribution in [0.1, 0.15) is 74.2 Å². The summed E-state index contributed by atoms with van der Waals surface area (Å²) < 4.78 is 67.3. The number of rotatable bonds is 11. The molecule has 262 valence electrons. The summed E-state index contributed by atoms with van der Waals surface area (Å²) in [5.74, 6) is -3.47. The highest BCUT2D eigenvalue weighted by atomic mass is 32.2. The van der Waals surface area contributed by atoms with Crippen LogP contribution >= 0.6 is 0 Å². The highest BCUT2D eigenvalue weighted by molar-refractivity contribution is 7.92. The van der Waals surface area contributed by atoms with Crippen LogP contribution in [0.2, 0.25) is 0 Å². The number of fused-ring (bicyclic) bond motifs is 1. The SMILES string of the molecule is CC[C@@H](N)C(=O)OCCS(=O)(=O)Nc1ccc(C(=O)Nc2cc3c(c(N4CCC(F)(F)CC4)c2)OCCC3)c(N2CCC3(CC2)CC3)c1. The molecule has 1 spiro atoms. The third-order valence-electron chi connectivity index (χ3n) is 10.1. The summed E-state index contributed by atoms with van der Waals surface area (Å²) in [7, 11) is -3.88. The van der Waals surface area contributed by atoms with Crippen molar-refractivity contribution in [1.29, 1.82) is 0 Å². The fraction of sp³-hybridized carbons (Fsp3) is 0.588. The maximum atomic E-state index is 14.0. The molecular weight excluding hydrogens is 644 g/mol. The molecule has 1 amide bonds. The number of halogens is 2. The van der Waals surface area contributed by atoms with Crippen molar-refractivity contribution in [2.75, 3.05) is 65.0 Å². The maximum Gasteiger partial charge on any atom is 0.322 e. The molecule has 3 heterocycles. The van der Waals surface area contributed by atoms with Crippen molar-refractivity contribution in [1.82, 2.24) is 0 Å². The molecule has 3 fully saturated rings. The molecule has 2 aromatic carbocycles. The molecule has 2 aromatic rings. The molecule has 3 aliphatic heterocycles. The zero-order valence-corrected chi connectivity index (χ0v) is 28.2. The third kappa shape index (κ3) is 7.96. The number of nitrogens with zero attached hydrogens (tertiary/aromatic N) is 2. The van der Waals surface area contributed by atoms with E-state index in [1.54, 1.807) is 31.2 Å². The van der Waals surface area contributed by atoms with E-state index in [-0.39, 0.29) is 38.4 Å². The van der Waals surface area contributed by atoms with Gasteiger partial charge in [0.1, 0.15) is 24.2 Å². The molecule has 14 heteroatoms. The summed E-state index contributed by atoms with van der Waals surface area (Å²) >= 11 is 0. The van der Waals surface area contributed by atoms with Gasteiger partial charge in [-0.05, 0) is 86.3 Å². The highest BCUT2D eigenvalue weighted by Gasteiger charge is 2.44. The first kappa shape index (κ1) is 34.2. The first-order valence-corrected chi connectivity index (χ1v) is 18.6. The van der Waals surface area contributed by atoms with Crippen LogP contribution in [-0.4, -0.2) is 77.4 Å². The van der Waals surface area contributed by atoms with E-state index in [4.69, 9.17) is 15.2 Å². The van der Waals surface area contributed by atoms with Gasteiger partial charge in [0.2, 0.25) is 10.0 Å². The number of nitrogens with one attached hydrogen (secondary N) is 2. The minimum absolute atomic E-state index is 0.187. The monoisotopic (exact) mass is 689 g/mol. The molecule has 4 N–H and O–H groups in total. The Morgan fingerprint density at radius 2 is 1.65 bits per heavy atom. The second-order valence-corrected chi connectivity index (χ2v) is 15.4. The van der Waals surface area contributed by atoms with Crippen LogP contribution in [0.15, 0.2) is 30.3 Å². The Balaban J connectivity index is 1.22. The van der Waals surface area contributed by atoms with Gasteiger partial charge >= 0.3 is 5.97 Å². The van der Waals surface area contributed by atoms with Crippen molar-refractivity contribution < 1.29 is 36.3 Å². The predicted molar refractivity (Wildman–Crippen MR) is 181 cm³/mol. The van der Waals surface area contributed by atoms with Crippen molar-refractivity contribution >= 4 is 44.6 Å². The number of ether oxygens (including phenoxy) is 2. The van der Waals surface area contributed by atoms with Crippen LogP contribution in [0.4, 0.5) is 31.5 Å². The number of hydrogen-bond donors (Lipinski definition) is 3. The number of anilines is 4. The molecule has 4 aliphatic rings. The lowest BCUT2D eigenvalue weighted by Gasteiger charge is -2.36. The van der Waals surface area contributed by atoms with Gasteiger partial charge in [0.25, 0.3) is 11.8 Å². The zero-order chi connectivity index (χ0) is 34.1. The predicted octanol–water partition coefficient (Wildman–Crippen LogP) is 4.90. The number of carbonyl (C=O) groups excluding carboxylic acids is 2. The Labute approximate surface area is 280 Å². The number of amides is 1. The topological polar surface area (TPSA) is 143 Å². The number of esters is 1. The second-order valence-electron chi connectivity index (χ2n) is 13.6. The first-order chi connectivity index (χ1) is 22.9. The Kier molecular flexibility index (Phi) is 9.76. The number of sulfonamides is 1. The molecule has 1 saturated carbocycles. The first-order valence-electron chi connectivity index (χ1n) is 16.9. The maximum absolute atomic E-state index is 14.0. The third-order valence-corrected chi connectivity index (χ3v) is 11.3. The Morgan fingerprint density at radius 1 is 0.979 bits per heavy atom. The number of benzene rings is 2. The van der Waals surface area contributed by atoms with Crippen LogP contribution in [-0.2, 0) is 26.0 Å². The molecule has 1 aliphatic carbocycles. The Morgan fingerprint density at radius 3 is 2.33 bits per heavy atom. The molecular formula is C34H45F2N5O6S. The van der Waals surface area contributed by atoms with Crippen molar-refractivity contribution in [2.24, 2.45) is 11.1 Å². The molecule has 0 aromatic heterocycles. The quantitative estimate of drug-likeness (QED) is 0.281. The minimum Gasteiger partial charge on any atom is -0.491 e. The van der Waals surface area contributed by atoms with Crippen molar-refractivity contribution in [2.45, 2.75) is 76.7 Å². The van der Waals surface area contributed by atoms with Crippen LogP contribution in [0.5, 0.6) is 5.75 Å². The Hall–Kier alpha value is -3.65. The number of piperidine rings is 2. The smallest absolute Gasteiger partial charge is 0.322 e. The van der Waals surface area contributed by atoms with Crippen LogP contribution in [0.3, 0.4) is 0 Å². The van der Waals surface area contributed by atoms with Gasteiger partial charge in [0, 0.05) is 44.7 Å². The van der Waals surface area contributed by atoms with E-state index in [1.165, 1.54) is 12.8 Å². The van der Waals surface area contributed by atoms with Crippen molar-refractivity contribution in [3.63, 3.8) is 0 Å². The largest absolute Gasteiger partial charge is 0.491 e. The molecule has 1 atom stereocenters. The van der Waals surface area contributed by atoms with E-state index in [0.29, 0.717) is 52.5 Å². The van der Waals surface area contributed by atoms with Crippen LogP contribution in [0.25, 0.3) is 0 Å². The molecule has 48 heavy (non-hydrogen) atoms. The average Bonchev–Trinajstić information content (AvgIpc) is 3.82. The van der Waals surface area contributed by atoms with Crippen LogP contribution in [0, 0.1) is 5.41 Å². The van der Waals surface area contributed by atoms with Gasteiger partial charge in [-0.1, -0.05) is 6.92 Å². The number of alkyl halides is 2. The number of nitrogens with two attached hydrogens (primary N) is 1. The van der Waals surface area contributed by atoms with E-state index >= 15 is 0 Å².